The maximum atomic E-state index is 12.9. The molecular formula is C13H7F3NO3. The van der Waals surface area contributed by atoms with E-state index < -0.39 is 28.1 Å². The first-order valence-electron chi connectivity index (χ1n) is 5.37. The van der Waals surface area contributed by atoms with Crippen molar-refractivity contribution in [1.29, 1.82) is 0 Å². The maximum Gasteiger partial charge on any atom is 0.420 e. The molecule has 0 bridgehead atoms. The number of hydrogen-bond acceptors (Lipinski definition) is 3. The lowest BCUT2D eigenvalue weighted by Gasteiger charge is -2.13. The van der Waals surface area contributed by atoms with Gasteiger partial charge in [0.2, 0.25) is 0 Å². The number of halogens is 3. The van der Waals surface area contributed by atoms with Crippen molar-refractivity contribution in [3.63, 3.8) is 0 Å². The predicted octanol–water partition coefficient (Wildman–Crippen LogP) is 4.21. The summed E-state index contributed by atoms with van der Waals surface area (Å²) < 4.78 is 43.7. The molecule has 0 saturated heterocycles. The van der Waals surface area contributed by atoms with Gasteiger partial charge < -0.3 is 4.74 Å². The van der Waals surface area contributed by atoms with Crippen LogP contribution in [0, 0.1) is 16.2 Å². The van der Waals surface area contributed by atoms with Gasteiger partial charge >= 0.3 is 6.18 Å². The van der Waals surface area contributed by atoms with E-state index in [9.17, 15) is 23.3 Å². The van der Waals surface area contributed by atoms with Crippen LogP contribution in [0.4, 0.5) is 18.9 Å². The molecule has 0 N–H and O–H groups in total. The van der Waals surface area contributed by atoms with Crippen LogP contribution in [-0.2, 0) is 6.18 Å². The summed E-state index contributed by atoms with van der Waals surface area (Å²) in [5, 5.41) is 10.5. The predicted molar refractivity (Wildman–Crippen MR) is 63.5 cm³/mol. The van der Waals surface area contributed by atoms with Crippen molar-refractivity contribution in [3.05, 3.63) is 64.2 Å². The van der Waals surface area contributed by atoms with E-state index in [1.807, 2.05) is 0 Å². The van der Waals surface area contributed by atoms with E-state index in [1.54, 1.807) is 12.1 Å². The van der Waals surface area contributed by atoms with Crippen LogP contribution in [0.25, 0.3) is 0 Å². The highest BCUT2D eigenvalue weighted by molar-refractivity contribution is 5.47. The van der Waals surface area contributed by atoms with E-state index in [0.717, 1.165) is 12.1 Å². The van der Waals surface area contributed by atoms with Gasteiger partial charge in [-0.05, 0) is 24.3 Å². The minimum absolute atomic E-state index is 0.159. The van der Waals surface area contributed by atoms with Gasteiger partial charge in [0.15, 0.2) is 0 Å². The highest BCUT2D eigenvalue weighted by atomic mass is 19.4. The third-order valence-electron chi connectivity index (χ3n) is 2.39. The Morgan fingerprint density at radius 1 is 1.25 bits per heavy atom. The van der Waals surface area contributed by atoms with Crippen LogP contribution in [0.1, 0.15) is 5.56 Å². The molecule has 2 rings (SSSR count). The number of benzene rings is 2. The Morgan fingerprint density at radius 3 is 2.55 bits per heavy atom. The van der Waals surface area contributed by atoms with Gasteiger partial charge in [-0.2, -0.15) is 13.2 Å². The first kappa shape index (κ1) is 13.9. The molecule has 0 atom stereocenters. The first-order valence-corrected chi connectivity index (χ1v) is 5.37. The van der Waals surface area contributed by atoms with E-state index in [0.29, 0.717) is 6.07 Å². The van der Waals surface area contributed by atoms with Crippen molar-refractivity contribution in [3.8, 4) is 11.5 Å². The van der Waals surface area contributed by atoms with Gasteiger partial charge in [-0.15, -0.1) is 0 Å². The fraction of sp³-hybridized carbons (Fsp3) is 0.0769. The number of ether oxygens (including phenoxy) is 1. The minimum atomic E-state index is -4.75. The van der Waals surface area contributed by atoms with Crippen molar-refractivity contribution in [1.82, 2.24) is 0 Å². The molecule has 20 heavy (non-hydrogen) atoms. The van der Waals surface area contributed by atoms with Crippen LogP contribution in [0.5, 0.6) is 11.5 Å². The van der Waals surface area contributed by atoms with E-state index in [4.69, 9.17) is 4.74 Å². The van der Waals surface area contributed by atoms with Gasteiger partial charge in [-0.25, -0.2) is 0 Å². The summed E-state index contributed by atoms with van der Waals surface area (Å²) in [5.74, 6) is -0.338. The van der Waals surface area contributed by atoms with Crippen LogP contribution in [0.2, 0.25) is 0 Å². The Morgan fingerprint density at radius 2 is 2.00 bits per heavy atom. The number of alkyl halides is 3. The van der Waals surface area contributed by atoms with E-state index in [1.165, 1.54) is 12.1 Å². The zero-order chi connectivity index (χ0) is 14.8. The molecule has 4 nitrogen and oxygen atoms in total. The first-order chi connectivity index (χ1) is 9.38. The van der Waals surface area contributed by atoms with Crippen LogP contribution < -0.4 is 4.74 Å². The molecule has 1 radical (unpaired) electrons. The van der Waals surface area contributed by atoms with Crippen LogP contribution >= 0.6 is 0 Å². The monoisotopic (exact) mass is 282 g/mol. The lowest BCUT2D eigenvalue weighted by molar-refractivity contribution is -0.385. The molecule has 0 spiro atoms. The standard InChI is InChI=1S/C13H7F3NO3/c14-13(15,16)11-8-9(17(18)19)6-7-12(11)20-10-4-2-1-3-5-10/h1-2,4-8H. The average Bonchev–Trinajstić information content (AvgIpc) is 2.39. The van der Waals surface area contributed by atoms with Crippen molar-refractivity contribution in [2.24, 2.45) is 0 Å². The molecule has 2 aromatic rings. The van der Waals surface area contributed by atoms with Crippen molar-refractivity contribution in [2.75, 3.05) is 0 Å². The second kappa shape index (κ2) is 5.20. The summed E-state index contributed by atoms with van der Waals surface area (Å²) in [5.41, 5.74) is -1.85. The summed E-state index contributed by atoms with van der Waals surface area (Å²) in [6.45, 7) is 0. The van der Waals surface area contributed by atoms with E-state index in [-0.39, 0.29) is 5.75 Å². The van der Waals surface area contributed by atoms with Crippen LogP contribution in [0.3, 0.4) is 0 Å². The van der Waals surface area contributed by atoms with Gasteiger partial charge in [-0.1, -0.05) is 12.1 Å². The quantitative estimate of drug-likeness (QED) is 0.626. The lowest BCUT2D eigenvalue weighted by Crippen LogP contribution is -2.08. The summed E-state index contributed by atoms with van der Waals surface area (Å²) in [6, 6.07) is 10.9. The van der Waals surface area contributed by atoms with E-state index in [2.05, 4.69) is 6.07 Å². The number of hydrogen-bond donors (Lipinski definition) is 0. The molecule has 0 amide bonds. The van der Waals surface area contributed by atoms with Crippen LogP contribution in [0.15, 0.2) is 42.5 Å². The molecule has 0 fully saturated rings. The number of rotatable bonds is 3. The third-order valence-corrected chi connectivity index (χ3v) is 2.39. The number of non-ortho nitro benzene ring substituents is 1. The lowest BCUT2D eigenvalue weighted by atomic mass is 10.1. The topological polar surface area (TPSA) is 52.4 Å². The van der Waals surface area contributed by atoms with Crippen LogP contribution in [-0.4, -0.2) is 4.92 Å². The molecule has 0 aliphatic carbocycles. The number of nitrogens with zero attached hydrogens (tertiary/aromatic N) is 1. The summed E-state index contributed by atoms with van der Waals surface area (Å²) in [7, 11) is 0. The Bertz CT molecular complexity index is 627. The van der Waals surface area contributed by atoms with Gasteiger partial charge in [0.1, 0.15) is 17.1 Å². The smallest absolute Gasteiger partial charge is 0.420 e. The Kier molecular flexibility index (Phi) is 3.60. The molecule has 7 heteroatoms. The zero-order valence-electron chi connectivity index (χ0n) is 9.85. The fourth-order valence-corrected chi connectivity index (χ4v) is 1.51. The molecule has 0 aliphatic rings. The van der Waals surface area contributed by atoms with Gasteiger partial charge in [-0.3, -0.25) is 10.1 Å². The fourth-order valence-electron chi connectivity index (χ4n) is 1.51. The zero-order valence-corrected chi connectivity index (χ0v) is 9.85. The van der Waals surface area contributed by atoms with Gasteiger partial charge in [0.05, 0.1) is 4.92 Å². The summed E-state index contributed by atoms with van der Waals surface area (Å²) in [4.78, 5) is 9.65. The molecule has 0 aromatic heterocycles. The molecule has 0 heterocycles. The van der Waals surface area contributed by atoms with Crippen molar-refractivity contribution < 1.29 is 22.8 Å². The van der Waals surface area contributed by atoms with E-state index >= 15 is 0 Å². The summed E-state index contributed by atoms with van der Waals surface area (Å²) >= 11 is 0. The Hall–Kier alpha value is -2.57. The van der Waals surface area contributed by atoms with Gasteiger partial charge in [0.25, 0.3) is 5.69 Å². The molecule has 0 aliphatic heterocycles. The Balaban J connectivity index is 2.45. The second-order valence-electron chi connectivity index (χ2n) is 3.78. The molecule has 103 valence electrons. The average molecular weight is 282 g/mol. The third kappa shape index (κ3) is 3.05. The summed E-state index contributed by atoms with van der Waals surface area (Å²) in [6.07, 6.45) is -4.75. The molecule has 0 unspecified atom stereocenters. The van der Waals surface area contributed by atoms with Gasteiger partial charge in [0, 0.05) is 12.1 Å². The largest absolute Gasteiger partial charge is 0.457 e. The highest BCUT2D eigenvalue weighted by Gasteiger charge is 2.36. The SMILES string of the molecule is O=[N+]([O-])c1ccc(Oc2c[c]ccc2)c(C(F)(F)F)c1. The van der Waals surface area contributed by atoms with Crippen molar-refractivity contribution >= 4 is 5.69 Å². The number of nitro benzene ring substituents is 1. The highest BCUT2D eigenvalue weighted by Crippen LogP contribution is 2.39. The number of nitro groups is 1. The Labute approximate surface area is 111 Å². The van der Waals surface area contributed by atoms with Crippen molar-refractivity contribution in [2.45, 2.75) is 6.18 Å². The minimum Gasteiger partial charge on any atom is -0.457 e. The normalized spacial score (nSPS) is 11.2. The molecule has 0 saturated carbocycles. The second-order valence-corrected chi connectivity index (χ2v) is 3.78. The molecular weight excluding hydrogens is 275 g/mol. The molecule has 2 aromatic carbocycles. The maximum absolute atomic E-state index is 12.9.